The van der Waals surface area contributed by atoms with Crippen molar-refractivity contribution in [2.24, 2.45) is 0 Å². The molecule has 0 bridgehead atoms. The number of carbonyl (C=O) groups is 1. The largest absolute Gasteiger partial charge is 0.497 e. The summed E-state index contributed by atoms with van der Waals surface area (Å²) in [5.74, 6) is 0.846. The van der Waals surface area contributed by atoms with Crippen LogP contribution in [0.4, 0.5) is 5.69 Å². The van der Waals surface area contributed by atoms with Crippen molar-refractivity contribution in [1.82, 2.24) is 0 Å². The molecular weight excluding hydrogens is 369 g/mol. The topological polar surface area (TPSA) is 66.0 Å². The average Bonchev–Trinajstić information content (AvgIpc) is 2.89. The number of hydrogen-bond acceptors (Lipinski definition) is 5. The van der Waals surface area contributed by atoms with Gasteiger partial charge in [0.15, 0.2) is 0 Å². The Morgan fingerprint density at radius 3 is 2.00 bits per heavy atom. The fourth-order valence-electron chi connectivity index (χ4n) is 3.08. The molecule has 6 nitrogen and oxygen atoms in total. The highest BCUT2D eigenvalue weighted by atomic mass is 16.7. The third-order valence-electron chi connectivity index (χ3n) is 5.66. The van der Waals surface area contributed by atoms with E-state index >= 15 is 0 Å². The van der Waals surface area contributed by atoms with E-state index in [2.05, 4.69) is 5.32 Å². The van der Waals surface area contributed by atoms with E-state index in [-0.39, 0.29) is 5.91 Å². The summed E-state index contributed by atoms with van der Waals surface area (Å²) in [6.45, 7) is 10.1. The third-order valence-corrected chi connectivity index (χ3v) is 5.66. The van der Waals surface area contributed by atoms with Gasteiger partial charge in [-0.05, 0) is 64.3 Å². The maximum Gasteiger partial charge on any atom is 0.495 e. The number of methoxy groups -OCH3 is 2. The maximum absolute atomic E-state index is 12.8. The number of aryl methyl sites for hydroxylation is 1. The lowest BCUT2D eigenvalue weighted by molar-refractivity contribution is 0.00578. The van der Waals surface area contributed by atoms with E-state index in [1.54, 1.807) is 32.4 Å². The van der Waals surface area contributed by atoms with Crippen molar-refractivity contribution < 1.29 is 23.6 Å². The molecule has 154 valence electrons. The molecule has 0 unspecified atom stereocenters. The van der Waals surface area contributed by atoms with Gasteiger partial charge in [0.1, 0.15) is 11.5 Å². The number of rotatable bonds is 5. The first-order valence-corrected chi connectivity index (χ1v) is 9.57. The molecule has 0 radical (unpaired) electrons. The Balaban J connectivity index is 1.85. The SMILES string of the molecule is COc1cc(OC)cc(C(=O)Nc2ccc(C)c(B3OC(C)(C)C(C)(C)O3)c2)c1. The van der Waals surface area contributed by atoms with Crippen LogP contribution >= 0.6 is 0 Å². The molecule has 7 heteroatoms. The van der Waals surface area contributed by atoms with Crippen LogP contribution in [-0.2, 0) is 9.31 Å². The summed E-state index contributed by atoms with van der Waals surface area (Å²) < 4.78 is 22.8. The Morgan fingerprint density at radius 2 is 1.48 bits per heavy atom. The van der Waals surface area contributed by atoms with Crippen molar-refractivity contribution in [3.8, 4) is 11.5 Å². The highest BCUT2D eigenvalue weighted by Crippen LogP contribution is 2.36. The molecule has 1 amide bonds. The van der Waals surface area contributed by atoms with E-state index in [1.807, 2.05) is 52.8 Å². The van der Waals surface area contributed by atoms with Gasteiger partial charge < -0.3 is 24.1 Å². The van der Waals surface area contributed by atoms with Gasteiger partial charge >= 0.3 is 7.12 Å². The molecule has 0 aliphatic carbocycles. The first-order valence-electron chi connectivity index (χ1n) is 9.57. The highest BCUT2D eigenvalue weighted by molar-refractivity contribution is 6.62. The molecule has 3 rings (SSSR count). The summed E-state index contributed by atoms with van der Waals surface area (Å²) in [7, 11) is 2.61. The molecule has 29 heavy (non-hydrogen) atoms. The molecule has 1 N–H and O–H groups in total. The zero-order chi connectivity index (χ0) is 21.4. The van der Waals surface area contributed by atoms with Crippen molar-refractivity contribution in [2.45, 2.75) is 45.8 Å². The van der Waals surface area contributed by atoms with Crippen LogP contribution in [0.5, 0.6) is 11.5 Å². The van der Waals surface area contributed by atoms with Gasteiger partial charge in [-0.25, -0.2) is 0 Å². The number of ether oxygens (including phenoxy) is 2. The maximum atomic E-state index is 12.8. The van der Waals surface area contributed by atoms with Crippen LogP contribution in [-0.4, -0.2) is 38.4 Å². The Bertz CT molecular complexity index is 887. The first kappa shape index (κ1) is 21.2. The van der Waals surface area contributed by atoms with Gasteiger partial charge in [0, 0.05) is 17.3 Å². The molecule has 0 spiro atoms. The smallest absolute Gasteiger partial charge is 0.495 e. The number of amides is 1. The van der Waals surface area contributed by atoms with Crippen LogP contribution in [0.25, 0.3) is 0 Å². The van der Waals surface area contributed by atoms with Crippen molar-refractivity contribution in [2.75, 3.05) is 19.5 Å². The number of anilines is 1. The van der Waals surface area contributed by atoms with Crippen LogP contribution in [0.15, 0.2) is 36.4 Å². The molecular formula is C22H28BNO5. The first-order chi connectivity index (χ1) is 13.6. The van der Waals surface area contributed by atoms with Gasteiger partial charge in [-0.15, -0.1) is 0 Å². The Kier molecular flexibility index (Phi) is 5.65. The molecule has 0 atom stereocenters. The van der Waals surface area contributed by atoms with Gasteiger partial charge in [-0.2, -0.15) is 0 Å². The van der Waals surface area contributed by atoms with E-state index in [9.17, 15) is 4.79 Å². The number of benzene rings is 2. The van der Waals surface area contributed by atoms with E-state index in [4.69, 9.17) is 18.8 Å². The summed E-state index contributed by atoms with van der Waals surface area (Å²) in [6.07, 6.45) is 0. The quantitative estimate of drug-likeness (QED) is 0.782. The summed E-state index contributed by atoms with van der Waals surface area (Å²) in [4.78, 5) is 12.8. The van der Waals surface area contributed by atoms with Crippen LogP contribution < -0.4 is 20.3 Å². The van der Waals surface area contributed by atoms with E-state index in [1.165, 1.54) is 0 Å². The number of nitrogens with one attached hydrogen (secondary N) is 1. The zero-order valence-electron chi connectivity index (χ0n) is 18.1. The van der Waals surface area contributed by atoms with Crippen LogP contribution in [0.1, 0.15) is 43.6 Å². The molecule has 2 aromatic carbocycles. The third kappa shape index (κ3) is 4.26. The van der Waals surface area contributed by atoms with Gasteiger partial charge in [-0.1, -0.05) is 11.6 Å². The van der Waals surface area contributed by atoms with E-state index in [0.717, 1.165) is 11.0 Å². The summed E-state index contributed by atoms with van der Waals surface area (Å²) >= 11 is 0. The fraction of sp³-hybridized carbons (Fsp3) is 0.409. The highest BCUT2D eigenvalue weighted by Gasteiger charge is 2.52. The lowest BCUT2D eigenvalue weighted by Gasteiger charge is -2.32. The van der Waals surface area contributed by atoms with E-state index in [0.29, 0.717) is 22.7 Å². The Hall–Kier alpha value is -2.51. The van der Waals surface area contributed by atoms with Gasteiger partial charge in [0.25, 0.3) is 5.91 Å². The standard InChI is InChI=1S/C22H28BNO5/c1-14-8-9-16(12-19(14)23-28-21(2,3)22(4,5)29-23)24-20(25)15-10-17(26-6)13-18(11-15)27-7/h8-13H,1-7H3,(H,24,25). The van der Waals surface area contributed by atoms with Crippen molar-refractivity contribution in [3.05, 3.63) is 47.5 Å². The lowest BCUT2D eigenvalue weighted by Crippen LogP contribution is -2.41. The Labute approximate surface area is 172 Å². The van der Waals surface area contributed by atoms with Crippen LogP contribution in [0, 0.1) is 6.92 Å². The number of carbonyl (C=O) groups excluding carboxylic acids is 1. The van der Waals surface area contributed by atoms with E-state index < -0.39 is 18.3 Å². The van der Waals surface area contributed by atoms with Crippen LogP contribution in [0.2, 0.25) is 0 Å². The van der Waals surface area contributed by atoms with Gasteiger partial charge in [0.05, 0.1) is 25.4 Å². The molecule has 1 aliphatic heterocycles. The van der Waals surface area contributed by atoms with Crippen LogP contribution in [0.3, 0.4) is 0 Å². The normalized spacial score (nSPS) is 17.1. The monoisotopic (exact) mass is 397 g/mol. The van der Waals surface area contributed by atoms with Gasteiger partial charge in [-0.3, -0.25) is 4.79 Å². The average molecular weight is 397 g/mol. The zero-order valence-corrected chi connectivity index (χ0v) is 18.1. The van der Waals surface area contributed by atoms with Crippen molar-refractivity contribution in [1.29, 1.82) is 0 Å². The second-order valence-corrected chi connectivity index (χ2v) is 8.22. The minimum atomic E-state index is -0.492. The Morgan fingerprint density at radius 1 is 0.931 bits per heavy atom. The molecule has 1 saturated heterocycles. The molecule has 1 aliphatic rings. The van der Waals surface area contributed by atoms with Crippen molar-refractivity contribution >= 4 is 24.2 Å². The molecule has 0 saturated carbocycles. The summed E-state index contributed by atoms with van der Waals surface area (Å²) in [6, 6.07) is 10.8. The minimum Gasteiger partial charge on any atom is -0.497 e. The van der Waals surface area contributed by atoms with Crippen molar-refractivity contribution in [3.63, 3.8) is 0 Å². The molecule has 0 aromatic heterocycles. The molecule has 1 heterocycles. The number of hydrogen-bond donors (Lipinski definition) is 1. The summed E-state index contributed by atoms with van der Waals surface area (Å²) in [5, 5.41) is 2.93. The lowest BCUT2D eigenvalue weighted by atomic mass is 9.76. The molecule has 2 aromatic rings. The summed E-state index contributed by atoms with van der Waals surface area (Å²) in [5.41, 5.74) is 2.17. The predicted octanol–water partition coefficient (Wildman–Crippen LogP) is 3.56. The second kappa shape index (κ2) is 7.73. The molecule has 1 fully saturated rings. The second-order valence-electron chi connectivity index (χ2n) is 8.22. The predicted molar refractivity (Wildman–Crippen MR) is 114 cm³/mol. The fourth-order valence-corrected chi connectivity index (χ4v) is 3.08. The minimum absolute atomic E-state index is 0.258. The van der Waals surface area contributed by atoms with Gasteiger partial charge in [0.2, 0.25) is 0 Å².